The van der Waals surface area contributed by atoms with E-state index in [-0.39, 0.29) is 17.4 Å². The zero-order valence-corrected chi connectivity index (χ0v) is 9.93. The van der Waals surface area contributed by atoms with E-state index in [0.29, 0.717) is 5.41 Å². The van der Waals surface area contributed by atoms with Crippen LogP contribution in [-0.2, 0) is 9.53 Å². The van der Waals surface area contributed by atoms with Gasteiger partial charge >= 0.3 is 5.97 Å². The quantitative estimate of drug-likeness (QED) is 0.671. The molecule has 86 valence electrons. The summed E-state index contributed by atoms with van der Waals surface area (Å²) in [4.78, 5) is 11.5. The maximum absolute atomic E-state index is 11.5. The Kier molecular flexibility index (Phi) is 2.53. The number of esters is 1. The molecule has 1 aliphatic carbocycles. The van der Waals surface area contributed by atoms with Crippen molar-refractivity contribution in [1.29, 1.82) is 0 Å². The second-order valence-corrected chi connectivity index (χ2v) is 5.86. The monoisotopic (exact) mass is 211 g/mol. The van der Waals surface area contributed by atoms with Crippen LogP contribution in [0.3, 0.4) is 0 Å². The summed E-state index contributed by atoms with van der Waals surface area (Å²) in [6.45, 7) is 5.63. The SMILES string of the molecule is COC(=O)[C@@H]1NCC12CCC(C)(C)CC2. The van der Waals surface area contributed by atoms with E-state index in [1.54, 1.807) is 0 Å². The number of hydrogen-bond donors (Lipinski definition) is 1. The van der Waals surface area contributed by atoms with E-state index >= 15 is 0 Å². The lowest BCUT2D eigenvalue weighted by molar-refractivity contribution is -0.154. The molecule has 3 nitrogen and oxygen atoms in total. The molecule has 1 heterocycles. The fraction of sp³-hybridized carbons (Fsp3) is 0.917. The van der Waals surface area contributed by atoms with E-state index in [0.717, 1.165) is 19.4 Å². The lowest BCUT2D eigenvalue weighted by Crippen LogP contribution is -2.67. The molecule has 0 radical (unpaired) electrons. The number of methoxy groups -OCH3 is 1. The summed E-state index contributed by atoms with van der Waals surface area (Å²) in [5, 5.41) is 3.21. The molecule has 1 saturated heterocycles. The lowest BCUT2D eigenvalue weighted by atomic mass is 9.59. The van der Waals surface area contributed by atoms with E-state index in [9.17, 15) is 4.79 Å². The molecule has 2 fully saturated rings. The van der Waals surface area contributed by atoms with Crippen molar-refractivity contribution in [3.63, 3.8) is 0 Å². The van der Waals surface area contributed by atoms with Gasteiger partial charge in [0, 0.05) is 12.0 Å². The Hall–Kier alpha value is -0.570. The highest BCUT2D eigenvalue weighted by Crippen LogP contribution is 2.49. The van der Waals surface area contributed by atoms with Gasteiger partial charge < -0.3 is 10.1 Å². The highest BCUT2D eigenvalue weighted by molar-refractivity contribution is 5.78. The van der Waals surface area contributed by atoms with Gasteiger partial charge in [-0.15, -0.1) is 0 Å². The van der Waals surface area contributed by atoms with Gasteiger partial charge in [-0.05, 0) is 31.1 Å². The van der Waals surface area contributed by atoms with Crippen molar-refractivity contribution in [3.05, 3.63) is 0 Å². The van der Waals surface area contributed by atoms with Gasteiger partial charge in [-0.25, -0.2) is 0 Å². The molecule has 0 amide bonds. The van der Waals surface area contributed by atoms with Gasteiger partial charge in [-0.3, -0.25) is 4.79 Å². The number of nitrogens with one attached hydrogen (secondary N) is 1. The normalized spacial score (nSPS) is 32.1. The Balaban J connectivity index is 2.01. The van der Waals surface area contributed by atoms with Crippen LogP contribution in [0.2, 0.25) is 0 Å². The molecule has 0 bridgehead atoms. The van der Waals surface area contributed by atoms with Crippen LogP contribution in [0.15, 0.2) is 0 Å². The first kappa shape index (κ1) is 10.9. The van der Waals surface area contributed by atoms with Gasteiger partial charge in [-0.2, -0.15) is 0 Å². The van der Waals surface area contributed by atoms with Crippen molar-refractivity contribution in [1.82, 2.24) is 5.32 Å². The standard InChI is InChI=1S/C12H21NO2/c1-11(2)4-6-12(7-5-11)8-13-9(12)10(14)15-3/h9,13H,4-8H2,1-3H3/t9-/m0/s1. The summed E-state index contributed by atoms with van der Waals surface area (Å²) in [6.07, 6.45) is 4.77. The molecule has 2 rings (SSSR count). The van der Waals surface area contributed by atoms with Gasteiger partial charge in [0.2, 0.25) is 0 Å². The first-order chi connectivity index (χ1) is 6.99. The molecule has 0 unspecified atom stereocenters. The third-order valence-electron chi connectivity index (χ3n) is 4.31. The van der Waals surface area contributed by atoms with Crippen molar-refractivity contribution in [2.24, 2.45) is 10.8 Å². The summed E-state index contributed by atoms with van der Waals surface area (Å²) in [5.74, 6) is -0.0824. The molecule has 1 aliphatic heterocycles. The minimum atomic E-state index is -0.0824. The third kappa shape index (κ3) is 1.78. The van der Waals surface area contributed by atoms with Gasteiger partial charge in [0.1, 0.15) is 6.04 Å². The molecular formula is C12H21NO2. The van der Waals surface area contributed by atoms with Crippen molar-refractivity contribution >= 4 is 5.97 Å². The van der Waals surface area contributed by atoms with Gasteiger partial charge in [0.25, 0.3) is 0 Å². The molecule has 1 N–H and O–H groups in total. The molecule has 1 atom stereocenters. The van der Waals surface area contributed by atoms with Crippen molar-refractivity contribution in [3.8, 4) is 0 Å². The fourth-order valence-electron chi connectivity index (χ4n) is 2.83. The Bertz CT molecular complexity index is 263. The van der Waals surface area contributed by atoms with Crippen molar-refractivity contribution in [2.45, 2.75) is 45.6 Å². The molecule has 0 aromatic carbocycles. The molecule has 3 heteroatoms. The maximum Gasteiger partial charge on any atom is 0.323 e. The Labute approximate surface area is 91.6 Å². The Morgan fingerprint density at radius 1 is 1.27 bits per heavy atom. The molecule has 1 saturated carbocycles. The zero-order chi connectivity index (χ0) is 11.1. The number of carbonyl (C=O) groups is 1. The van der Waals surface area contributed by atoms with Crippen LogP contribution < -0.4 is 5.32 Å². The summed E-state index contributed by atoms with van der Waals surface area (Å²) in [6, 6.07) is -0.0430. The van der Waals surface area contributed by atoms with Gasteiger partial charge in [-0.1, -0.05) is 13.8 Å². The van der Waals surface area contributed by atoms with Gasteiger partial charge in [0.05, 0.1) is 7.11 Å². The molecular weight excluding hydrogens is 190 g/mol. The summed E-state index contributed by atoms with van der Waals surface area (Å²) < 4.78 is 4.83. The average molecular weight is 211 g/mol. The first-order valence-corrected chi connectivity index (χ1v) is 5.80. The molecule has 0 aromatic rings. The van der Waals surface area contributed by atoms with Crippen LogP contribution in [-0.4, -0.2) is 25.7 Å². The summed E-state index contributed by atoms with van der Waals surface area (Å²) in [5.41, 5.74) is 0.671. The van der Waals surface area contributed by atoms with Crippen LogP contribution >= 0.6 is 0 Å². The Morgan fingerprint density at radius 3 is 2.27 bits per heavy atom. The highest BCUT2D eigenvalue weighted by atomic mass is 16.5. The first-order valence-electron chi connectivity index (χ1n) is 5.80. The predicted molar refractivity (Wildman–Crippen MR) is 58.5 cm³/mol. The molecule has 2 aliphatic rings. The number of rotatable bonds is 1. The van der Waals surface area contributed by atoms with E-state index in [4.69, 9.17) is 4.74 Å². The second kappa shape index (κ2) is 3.48. The van der Waals surface area contributed by atoms with Crippen LogP contribution in [0.1, 0.15) is 39.5 Å². The van der Waals surface area contributed by atoms with Gasteiger partial charge in [0.15, 0.2) is 0 Å². The molecule has 0 aromatic heterocycles. The number of hydrogen-bond acceptors (Lipinski definition) is 3. The highest BCUT2D eigenvalue weighted by Gasteiger charge is 2.53. The van der Waals surface area contributed by atoms with E-state index in [1.165, 1.54) is 20.0 Å². The van der Waals surface area contributed by atoms with Crippen LogP contribution in [0, 0.1) is 10.8 Å². The number of ether oxygens (including phenoxy) is 1. The summed E-state index contributed by atoms with van der Waals surface area (Å²) in [7, 11) is 1.47. The fourth-order valence-corrected chi connectivity index (χ4v) is 2.83. The van der Waals surface area contributed by atoms with E-state index in [1.807, 2.05) is 0 Å². The van der Waals surface area contributed by atoms with Crippen LogP contribution in [0.5, 0.6) is 0 Å². The molecule has 15 heavy (non-hydrogen) atoms. The van der Waals surface area contributed by atoms with Crippen molar-refractivity contribution in [2.75, 3.05) is 13.7 Å². The largest absolute Gasteiger partial charge is 0.468 e. The third-order valence-corrected chi connectivity index (χ3v) is 4.31. The summed E-state index contributed by atoms with van der Waals surface area (Å²) >= 11 is 0. The average Bonchev–Trinajstić information content (AvgIpc) is 2.16. The van der Waals surface area contributed by atoms with Crippen LogP contribution in [0.25, 0.3) is 0 Å². The maximum atomic E-state index is 11.5. The topological polar surface area (TPSA) is 38.3 Å². The van der Waals surface area contributed by atoms with Crippen LogP contribution in [0.4, 0.5) is 0 Å². The lowest BCUT2D eigenvalue weighted by Gasteiger charge is -2.54. The smallest absolute Gasteiger partial charge is 0.323 e. The minimum absolute atomic E-state index is 0.0430. The second-order valence-electron chi connectivity index (χ2n) is 5.86. The van der Waals surface area contributed by atoms with Crippen molar-refractivity contribution < 1.29 is 9.53 Å². The van der Waals surface area contributed by atoms with E-state index < -0.39 is 0 Å². The van der Waals surface area contributed by atoms with E-state index in [2.05, 4.69) is 19.2 Å². The Morgan fingerprint density at radius 2 is 1.87 bits per heavy atom. The molecule has 1 spiro atoms. The number of carbonyl (C=O) groups excluding carboxylic acids is 1. The minimum Gasteiger partial charge on any atom is -0.468 e. The zero-order valence-electron chi connectivity index (χ0n) is 9.93. The predicted octanol–water partition coefficient (Wildman–Crippen LogP) is 1.72.